The van der Waals surface area contributed by atoms with E-state index < -0.39 is 0 Å². The molecule has 0 bridgehead atoms. The molecule has 0 aromatic carbocycles. The molecule has 0 radical (unpaired) electrons. The SMILES string of the molecule is CC(C)=CCC/C(C)=C/CO.CC(C)=CCCC(C)=CCCC(C)=CCO. The molecule has 0 heterocycles. The molecule has 0 unspecified atom stereocenters. The molecule has 0 rings (SSSR count). The summed E-state index contributed by atoms with van der Waals surface area (Å²) >= 11 is 0. The number of rotatable bonds is 11. The molecule has 0 aromatic heterocycles. The molecular weight excluding hydrogens is 332 g/mol. The molecule has 156 valence electrons. The van der Waals surface area contributed by atoms with Gasteiger partial charge in [-0.2, -0.15) is 0 Å². The van der Waals surface area contributed by atoms with Crippen LogP contribution in [-0.2, 0) is 0 Å². The van der Waals surface area contributed by atoms with Crippen molar-refractivity contribution in [1.82, 2.24) is 0 Å². The average molecular weight is 377 g/mol. The second-order valence-electron chi connectivity index (χ2n) is 7.70. The summed E-state index contributed by atoms with van der Waals surface area (Å²) < 4.78 is 0. The Bertz CT molecular complexity index is 508. The van der Waals surface area contributed by atoms with Gasteiger partial charge in [0.25, 0.3) is 0 Å². The van der Waals surface area contributed by atoms with Gasteiger partial charge in [-0.15, -0.1) is 0 Å². The summed E-state index contributed by atoms with van der Waals surface area (Å²) in [6.45, 7) is 15.1. The Labute approximate surface area is 169 Å². The van der Waals surface area contributed by atoms with Crippen LogP contribution in [0.5, 0.6) is 0 Å². The van der Waals surface area contributed by atoms with Gasteiger partial charge in [-0.05, 0) is 87.0 Å². The fourth-order valence-electron chi connectivity index (χ4n) is 2.34. The Hall–Kier alpha value is -1.38. The molecule has 2 nitrogen and oxygen atoms in total. The molecule has 0 fully saturated rings. The van der Waals surface area contributed by atoms with E-state index in [-0.39, 0.29) is 13.2 Å². The van der Waals surface area contributed by atoms with E-state index in [9.17, 15) is 0 Å². The van der Waals surface area contributed by atoms with Crippen LogP contribution >= 0.6 is 0 Å². The molecule has 0 aromatic rings. The van der Waals surface area contributed by atoms with Crippen molar-refractivity contribution in [2.75, 3.05) is 13.2 Å². The minimum Gasteiger partial charge on any atom is -0.392 e. The summed E-state index contributed by atoms with van der Waals surface area (Å²) in [6, 6.07) is 0. The molecule has 0 amide bonds. The smallest absolute Gasteiger partial charge is 0.0614 e. The maximum atomic E-state index is 8.72. The van der Waals surface area contributed by atoms with Crippen LogP contribution in [0.15, 0.2) is 58.2 Å². The lowest BCUT2D eigenvalue weighted by atomic mass is 10.1. The summed E-state index contributed by atoms with van der Waals surface area (Å²) in [5.41, 5.74) is 6.77. The largest absolute Gasteiger partial charge is 0.392 e. The second kappa shape index (κ2) is 19.4. The topological polar surface area (TPSA) is 40.5 Å². The van der Waals surface area contributed by atoms with Gasteiger partial charge in [0.15, 0.2) is 0 Å². The number of allylic oxidation sites excluding steroid dienone is 8. The highest BCUT2D eigenvalue weighted by molar-refractivity contribution is 5.05. The first-order valence-corrected chi connectivity index (χ1v) is 10.2. The first-order valence-electron chi connectivity index (χ1n) is 10.2. The van der Waals surface area contributed by atoms with E-state index in [1.807, 2.05) is 12.2 Å². The molecule has 2 heteroatoms. The monoisotopic (exact) mass is 376 g/mol. The Balaban J connectivity index is 0. The Kier molecular flexibility index (Phi) is 20.0. The average Bonchev–Trinajstić information content (AvgIpc) is 2.55. The number of hydrogen-bond acceptors (Lipinski definition) is 2. The molecule has 0 aliphatic heterocycles. The minimum absolute atomic E-state index is 0.162. The molecule has 2 N–H and O–H groups in total. The number of aliphatic hydroxyl groups excluding tert-OH is 2. The van der Waals surface area contributed by atoms with E-state index in [0.717, 1.165) is 38.5 Å². The van der Waals surface area contributed by atoms with Gasteiger partial charge >= 0.3 is 0 Å². The third-order valence-electron chi connectivity index (χ3n) is 4.09. The Morgan fingerprint density at radius 1 is 0.481 bits per heavy atom. The number of hydrogen-bond donors (Lipinski definition) is 2. The van der Waals surface area contributed by atoms with Crippen molar-refractivity contribution < 1.29 is 10.2 Å². The van der Waals surface area contributed by atoms with Crippen LogP contribution < -0.4 is 0 Å². The predicted molar refractivity (Wildman–Crippen MR) is 122 cm³/mol. The van der Waals surface area contributed by atoms with Crippen molar-refractivity contribution in [2.45, 2.75) is 87.0 Å². The highest BCUT2D eigenvalue weighted by Gasteiger charge is 1.91. The van der Waals surface area contributed by atoms with Crippen LogP contribution in [0, 0.1) is 0 Å². The zero-order valence-electron chi connectivity index (χ0n) is 18.9. The molecule has 27 heavy (non-hydrogen) atoms. The fraction of sp³-hybridized carbons (Fsp3) is 0.600. The lowest BCUT2D eigenvalue weighted by Crippen LogP contribution is -1.82. The van der Waals surface area contributed by atoms with E-state index >= 15 is 0 Å². The van der Waals surface area contributed by atoms with Gasteiger partial charge in [-0.1, -0.05) is 58.2 Å². The summed E-state index contributed by atoms with van der Waals surface area (Å²) in [5.74, 6) is 0. The third-order valence-corrected chi connectivity index (χ3v) is 4.09. The summed E-state index contributed by atoms with van der Waals surface area (Å²) in [6.07, 6.45) is 17.2. The van der Waals surface area contributed by atoms with Crippen molar-refractivity contribution in [2.24, 2.45) is 0 Å². The van der Waals surface area contributed by atoms with E-state index in [1.165, 1.54) is 27.9 Å². The third kappa shape index (κ3) is 24.6. The van der Waals surface area contributed by atoms with Crippen LogP contribution in [0.3, 0.4) is 0 Å². The maximum absolute atomic E-state index is 8.72. The van der Waals surface area contributed by atoms with Crippen molar-refractivity contribution >= 4 is 0 Å². The van der Waals surface area contributed by atoms with E-state index in [4.69, 9.17) is 10.2 Å². The predicted octanol–water partition coefficient (Wildman–Crippen LogP) is 7.07. The van der Waals surface area contributed by atoms with Crippen molar-refractivity contribution in [3.05, 3.63) is 58.2 Å². The molecular formula is C25H44O2. The zero-order chi connectivity index (χ0) is 21.1. The minimum atomic E-state index is 0.162. The van der Waals surface area contributed by atoms with Gasteiger partial charge < -0.3 is 10.2 Å². The first-order chi connectivity index (χ1) is 12.7. The molecule has 0 spiro atoms. The highest BCUT2D eigenvalue weighted by Crippen LogP contribution is 2.11. The van der Waals surface area contributed by atoms with Gasteiger partial charge in [-0.3, -0.25) is 0 Å². The van der Waals surface area contributed by atoms with Gasteiger partial charge in [0.1, 0.15) is 0 Å². The van der Waals surface area contributed by atoms with Crippen LogP contribution in [0.2, 0.25) is 0 Å². The lowest BCUT2D eigenvalue weighted by molar-refractivity contribution is 0.341. The quantitative estimate of drug-likeness (QED) is 0.379. The standard InChI is InChI=1S/C15H26O.C10H18O/c1-13(2)7-5-8-14(3)9-6-10-15(4)11-12-16;1-9(2)5-4-6-10(3)7-8-11/h7,9,11,16H,5-6,8,10,12H2,1-4H3;5,7,11H,4,6,8H2,1-3H3/b;10-7+. The Morgan fingerprint density at radius 3 is 1.07 bits per heavy atom. The summed E-state index contributed by atoms with van der Waals surface area (Å²) in [7, 11) is 0. The van der Waals surface area contributed by atoms with Crippen LogP contribution in [0.4, 0.5) is 0 Å². The van der Waals surface area contributed by atoms with Crippen LogP contribution in [0.25, 0.3) is 0 Å². The molecule has 0 aliphatic carbocycles. The fourth-order valence-corrected chi connectivity index (χ4v) is 2.34. The maximum Gasteiger partial charge on any atom is 0.0614 e. The van der Waals surface area contributed by atoms with Crippen molar-refractivity contribution in [3.63, 3.8) is 0 Å². The van der Waals surface area contributed by atoms with E-state index in [0.29, 0.717) is 0 Å². The molecule has 0 atom stereocenters. The molecule has 0 aliphatic rings. The van der Waals surface area contributed by atoms with Gasteiger partial charge in [0.2, 0.25) is 0 Å². The van der Waals surface area contributed by atoms with Gasteiger partial charge in [-0.25, -0.2) is 0 Å². The van der Waals surface area contributed by atoms with Gasteiger partial charge in [0.05, 0.1) is 13.2 Å². The van der Waals surface area contributed by atoms with Crippen LogP contribution in [0.1, 0.15) is 87.0 Å². The Morgan fingerprint density at radius 2 is 0.778 bits per heavy atom. The summed E-state index contributed by atoms with van der Waals surface area (Å²) in [4.78, 5) is 0. The molecule has 0 saturated heterocycles. The van der Waals surface area contributed by atoms with Crippen LogP contribution in [-0.4, -0.2) is 23.4 Å². The van der Waals surface area contributed by atoms with E-state index in [1.54, 1.807) is 0 Å². The van der Waals surface area contributed by atoms with E-state index in [2.05, 4.69) is 66.7 Å². The zero-order valence-corrected chi connectivity index (χ0v) is 18.9. The van der Waals surface area contributed by atoms with Crippen molar-refractivity contribution in [3.8, 4) is 0 Å². The number of aliphatic hydroxyl groups is 2. The molecule has 0 saturated carbocycles. The second-order valence-corrected chi connectivity index (χ2v) is 7.70. The van der Waals surface area contributed by atoms with Gasteiger partial charge in [0, 0.05) is 0 Å². The first kappa shape index (κ1) is 27.8. The normalized spacial score (nSPS) is 12.3. The lowest BCUT2D eigenvalue weighted by Gasteiger charge is -2.00. The summed E-state index contributed by atoms with van der Waals surface area (Å²) in [5, 5.41) is 17.3. The van der Waals surface area contributed by atoms with Crippen molar-refractivity contribution in [1.29, 1.82) is 0 Å². The highest BCUT2D eigenvalue weighted by atomic mass is 16.3.